The van der Waals surface area contributed by atoms with E-state index in [9.17, 15) is 23.3 Å². The van der Waals surface area contributed by atoms with Gasteiger partial charge in [0.25, 0.3) is 5.69 Å². The largest absolute Gasteiger partial charge is 0.416 e. The number of hydrogen-bond acceptors (Lipinski definition) is 5. The fourth-order valence-corrected chi connectivity index (χ4v) is 4.04. The molecule has 0 fully saturated rings. The van der Waals surface area contributed by atoms with E-state index < -0.39 is 16.7 Å². The second-order valence-electron chi connectivity index (χ2n) is 6.32. The number of nitro benzene ring substituents is 1. The Morgan fingerprint density at radius 1 is 1.06 bits per heavy atom. The van der Waals surface area contributed by atoms with Crippen molar-refractivity contribution in [2.75, 3.05) is 0 Å². The van der Waals surface area contributed by atoms with Crippen molar-refractivity contribution in [3.63, 3.8) is 0 Å². The van der Waals surface area contributed by atoms with Crippen LogP contribution in [0.5, 0.6) is 0 Å². The maximum absolute atomic E-state index is 12.9. The number of halogens is 5. The van der Waals surface area contributed by atoms with Crippen LogP contribution < -0.4 is 0 Å². The van der Waals surface area contributed by atoms with Gasteiger partial charge in [0.15, 0.2) is 0 Å². The molecular formula is C21H13Cl2F3N2O3S. The van der Waals surface area contributed by atoms with E-state index in [1.807, 2.05) is 0 Å². The van der Waals surface area contributed by atoms with E-state index >= 15 is 0 Å². The number of alkyl halides is 3. The minimum Gasteiger partial charge on any atom is -0.391 e. The number of oxime groups is 1. The van der Waals surface area contributed by atoms with Gasteiger partial charge >= 0.3 is 6.18 Å². The summed E-state index contributed by atoms with van der Waals surface area (Å²) in [6, 6.07) is 13.8. The van der Waals surface area contributed by atoms with Gasteiger partial charge in [0.05, 0.1) is 21.6 Å². The van der Waals surface area contributed by atoms with Gasteiger partial charge in [-0.1, -0.05) is 58.3 Å². The molecule has 0 N–H and O–H groups in total. The topological polar surface area (TPSA) is 64.7 Å². The molecule has 0 atom stereocenters. The molecule has 32 heavy (non-hydrogen) atoms. The summed E-state index contributed by atoms with van der Waals surface area (Å²) < 4.78 is 38.7. The minimum atomic E-state index is -4.50. The first kappa shape index (κ1) is 23.9. The predicted molar refractivity (Wildman–Crippen MR) is 118 cm³/mol. The second-order valence-corrected chi connectivity index (χ2v) is 8.25. The van der Waals surface area contributed by atoms with E-state index in [-0.39, 0.29) is 22.1 Å². The van der Waals surface area contributed by atoms with Crippen LogP contribution >= 0.6 is 35.0 Å². The molecule has 0 radical (unpaired) electrons. The highest BCUT2D eigenvalue weighted by molar-refractivity contribution is 7.99. The summed E-state index contributed by atoms with van der Waals surface area (Å²) in [5, 5.41) is 16.1. The summed E-state index contributed by atoms with van der Waals surface area (Å²) in [4.78, 5) is 16.5. The van der Waals surface area contributed by atoms with Gasteiger partial charge in [0.1, 0.15) is 6.61 Å². The number of benzene rings is 3. The van der Waals surface area contributed by atoms with Crippen molar-refractivity contribution in [3.05, 3.63) is 97.5 Å². The first-order chi connectivity index (χ1) is 15.1. The van der Waals surface area contributed by atoms with E-state index in [0.717, 1.165) is 23.9 Å². The molecule has 0 aliphatic heterocycles. The summed E-state index contributed by atoms with van der Waals surface area (Å²) in [5.74, 6) is 0. The smallest absolute Gasteiger partial charge is 0.391 e. The van der Waals surface area contributed by atoms with Crippen molar-refractivity contribution in [1.29, 1.82) is 0 Å². The third kappa shape index (κ3) is 6.15. The van der Waals surface area contributed by atoms with E-state index in [0.29, 0.717) is 21.2 Å². The molecule has 0 unspecified atom stereocenters. The van der Waals surface area contributed by atoms with E-state index in [1.54, 1.807) is 18.2 Å². The lowest BCUT2D eigenvalue weighted by atomic mass is 10.2. The van der Waals surface area contributed by atoms with Crippen molar-refractivity contribution in [2.24, 2.45) is 5.16 Å². The zero-order valence-electron chi connectivity index (χ0n) is 16.0. The van der Waals surface area contributed by atoms with E-state index in [4.69, 9.17) is 28.0 Å². The lowest BCUT2D eigenvalue weighted by molar-refractivity contribution is -0.387. The zero-order chi connectivity index (χ0) is 23.3. The van der Waals surface area contributed by atoms with Crippen molar-refractivity contribution in [1.82, 2.24) is 0 Å². The number of rotatable bonds is 7. The summed E-state index contributed by atoms with van der Waals surface area (Å²) in [6.45, 7) is 0.000577. The van der Waals surface area contributed by atoms with Crippen LogP contribution in [0.3, 0.4) is 0 Å². The molecule has 0 aliphatic rings. The van der Waals surface area contributed by atoms with Crippen LogP contribution in [0.25, 0.3) is 0 Å². The molecule has 0 amide bonds. The first-order valence-electron chi connectivity index (χ1n) is 8.87. The Morgan fingerprint density at radius 2 is 1.75 bits per heavy atom. The van der Waals surface area contributed by atoms with Gasteiger partial charge in [-0.05, 0) is 36.4 Å². The van der Waals surface area contributed by atoms with Gasteiger partial charge in [-0.2, -0.15) is 13.2 Å². The molecule has 3 aromatic rings. The summed E-state index contributed by atoms with van der Waals surface area (Å²) in [6.07, 6.45) is -3.23. The number of nitro groups is 1. The molecule has 0 heterocycles. The molecule has 0 aromatic heterocycles. The highest BCUT2D eigenvalue weighted by atomic mass is 35.5. The monoisotopic (exact) mass is 500 g/mol. The van der Waals surface area contributed by atoms with Crippen LogP contribution in [-0.2, 0) is 17.6 Å². The lowest BCUT2D eigenvalue weighted by Crippen LogP contribution is -2.04. The Morgan fingerprint density at radius 3 is 2.41 bits per heavy atom. The second kappa shape index (κ2) is 10.2. The normalized spacial score (nSPS) is 11.7. The van der Waals surface area contributed by atoms with Crippen molar-refractivity contribution in [2.45, 2.75) is 22.6 Å². The molecule has 11 heteroatoms. The Hall–Kier alpha value is -2.75. The molecule has 0 bridgehead atoms. The summed E-state index contributed by atoms with van der Waals surface area (Å²) >= 11 is 13.0. The highest BCUT2D eigenvalue weighted by Gasteiger charge is 2.30. The SMILES string of the molecule is O=[N+]([O-])c1cc(/C=N/OCc2c(Cl)cccc2Cl)ccc1Sc1cccc(C(F)(F)F)c1. The predicted octanol–water partition coefficient (Wildman–Crippen LogP) is 7.62. The fourth-order valence-electron chi connectivity index (χ4n) is 2.58. The first-order valence-corrected chi connectivity index (χ1v) is 10.4. The number of hydrogen-bond donors (Lipinski definition) is 0. The molecule has 0 saturated heterocycles. The molecule has 0 spiro atoms. The summed E-state index contributed by atoms with van der Waals surface area (Å²) in [5.41, 5.74) is -0.183. The maximum atomic E-state index is 12.9. The Balaban J connectivity index is 1.75. The number of nitrogens with zero attached hydrogens (tertiary/aromatic N) is 2. The van der Waals surface area contributed by atoms with Crippen molar-refractivity contribution < 1.29 is 22.9 Å². The van der Waals surface area contributed by atoms with Crippen LogP contribution in [0.2, 0.25) is 10.0 Å². The quantitative estimate of drug-likeness (QED) is 0.190. The molecule has 0 aliphatic carbocycles. The lowest BCUT2D eigenvalue weighted by Gasteiger charge is -2.09. The van der Waals surface area contributed by atoms with Gasteiger partial charge in [-0.15, -0.1) is 0 Å². The van der Waals surface area contributed by atoms with Crippen LogP contribution in [0.1, 0.15) is 16.7 Å². The van der Waals surface area contributed by atoms with Gasteiger partial charge < -0.3 is 4.84 Å². The molecule has 166 valence electrons. The van der Waals surface area contributed by atoms with Crippen LogP contribution in [0.15, 0.2) is 75.6 Å². The molecular weight excluding hydrogens is 488 g/mol. The van der Waals surface area contributed by atoms with Gasteiger partial charge in [-0.3, -0.25) is 10.1 Å². The summed E-state index contributed by atoms with van der Waals surface area (Å²) in [7, 11) is 0. The van der Waals surface area contributed by atoms with E-state index in [2.05, 4.69) is 5.16 Å². The average molecular weight is 501 g/mol. The third-order valence-corrected chi connectivity index (χ3v) is 5.88. The molecule has 5 nitrogen and oxygen atoms in total. The average Bonchev–Trinajstić information content (AvgIpc) is 2.73. The third-order valence-electron chi connectivity index (χ3n) is 4.12. The molecule has 0 saturated carbocycles. The van der Waals surface area contributed by atoms with Gasteiger partial charge in [0.2, 0.25) is 0 Å². The van der Waals surface area contributed by atoms with Crippen LogP contribution in [0, 0.1) is 10.1 Å². The minimum absolute atomic E-state index is 0.000577. The Labute approximate surface area is 194 Å². The Bertz CT molecular complexity index is 1150. The maximum Gasteiger partial charge on any atom is 0.416 e. The molecule has 3 rings (SSSR count). The van der Waals surface area contributed by atoms with Crippen LogP contribution in [0.4, 0.5) is 18.9 Å². The molecule has 3 aromatic carbocycles. The van der Waals surface area contributed by atoms with Gasteiger partial charge in [0, 0.05) is 32.1 Å². The standard InChI is InChI=1S/C21H13Cl2F3N2O3S/c22-17-5-2-6-18(23)16(17)12-31-27-11-13-7-8-20(19(9-13)28(29)30)32-15-4-1-3-14(10-15)21(24,25)26/h1-11H,12H2/b27-11+. The van der Waals surface area contributed by atoms with E-state index in [1.165, 1.54) is 36.5 Å². The van der Waals surface area contributed by atoms with Crippen molar-refractivity contribution >= 4 is 46.9 Å². The zero-order valence-corrected chi connectivity index (χ0v) is 18.3. The Kier molecular flexibility index (Phi) is 7.65. The highest BCUT2D eigenvalue weighted by Crippen LogP contribution is 2.38. The van der Waals surface area contributed by atoms with Crippen molar-refractivity contribution in [3.8, 4) is 0 Å². The fraction of sp³-hybridized carbons (Fsp3) is 0.0952. The van der Waals surface area contributed by atoms with Gasteiger partial charge in [-0.25, -0.2) is 0 Å². The van der Waals surface area contributed by atoms with Crippen LogP contribution in [-0.4, -0.2) is 11.1 Å².